The second-order valence-electron chi connectivity index (χ2n) is 5.91. The van der Waals surface area contributed by atoms with E-state index in [1.165, 1.54) is 6.33 Å². The summed E-state index contributed by atoms with van der Waals surface area (Å²) >= 11 is 0. The number of anilines is 2. The Balaban J connectivity index is 2.04. The van der Waals surface area contributed by atoms with Crippen LogP contribution in [0, 0.1) is 0 Å². The van der Waals surface area contributed by atoms with Crippen molar-refractivity contribution in [3.05, 3.63) is 12.4 Å². The van der Waals surface area contributed by atoms with Crippen molar-refractivity contribution >= 4 is 21.5 Å². The Kier molecular flexibility index (Phi) is 3.66. The van der Waals surface area contributed by atoms with Crippen molar-refractivity contribution in [3.8, 4) is 0 Å². The summed E-state index contributed by atoms with van der Waals surface area (Å²) in [7, 11) is -2.88. The first-order valence-corrected chi connectivity index (χ1v) is 8.13. The van der Waals surface area contributed by atoms with Crippen LogP contribution in [-0.4, -0.2) is 41.5 Å². The van der Waals surface area contributed by atoms with Gasteiger partial charge in [0, 0.05) is 17.6 Å². The molecule has 106 valence electrons. The first-order chi connectivity index (χ1) is 8.73. The fourth-order valence-corrected chi connectivity index (χ4v) is 3.68. The standard InChI is InChI=1S/C12H20N4O2S/c1-12(2,3)16-11-6-10(13-8-14-11)15-9-4-5-19(17,18)7-9/h6,8-9H,4-5,7H2,1-3H3,(H2,13,14,15,16). The molecule has 0 bridgehead atoms. The highest BCUT2D eigenvalue weighted by Gasteiger charge is 2.28. The summed E-state index contributed by atoms with van der Waals surface area (Å²) in [5.74, 6) is 1.82. The van der Waals surface area contributed by atoms with Gasteiger partial charge in [0.1, 0.15) is 18.0 Å². The molecule has 0 amide bonds. The monoisotopic (exact) mass is 284 g/mol. The van der Waals surface area contributed by atoms with Gasteiger partial charge in [-0.1, -0.05) is 0 Å². The molecule has 2 N–H and O–H groups in total. The van der Waals surface area contributed by atoms with Gasteiger partial charge < -0.3 is 10.6 Å². The second-order valence-corrected chi connectivity index (χ2v) is 8.14. The van der Waals surface area contributed by atoms with Gasteiger partial charge >= 0.3 is 0 Å². The van der Waals surface area contributed by atoms with Crippen LogP contribution in [0.5, 0.6) is 0 Å². The van der Waals surface area contributed by atoms with E-state index in [0.29, 0.717) is 12.2 Å². The van der Waals surface area contributed by atoms with Crippen LogP contribution in [-0.2, 0) is 9.84 Å². The van der Waals surface area contributed by atoms with Gasteiger partial charge in [-0.2, -0.15) is 0 Å². The number of hydrogen-bond acceptors (Lipinski definition) is 6. The van der Waals surface area contributed by atoms with Crippen LogP contribution in [0.3, 0.4) is 0 Å². The van der Waals surface area contributed by atoms with Crippen molar-refractivity contribution in [2.24, 2.45) is 0 Å². The SMILES string of the molecule is CC(C)(C)Nc1cc(NC2CCS(=O)(=O)C2)ncn1. The molecule has 6 nitrogen and oxygen atoms in total. The number of nitrogens with zero attached hydrogens (tertiary/aromatic N) is 2. The summed E-state index contributed by atoms with van der Waals surface area (Å²) in [6, 6.07) is 1.75. The zero-order chi connectivity index (χ0) is 14.1. The first-order valence-electron chi connectivity index (χ1n) is 6.31. The predicted octanol–water partition coefficient (Wildman–Crippen LogP) is 1.29. The third-order valence-electron chi connectivity index (χ3n) is 2.75. The molecule has 7 heteroatoms. The van der Waals surface area contributed by atoms with Crippen LogP contribution in [0.4, 0.5) is 11.6 Å². The molecule has 0 spiro atoms. The molecule has 1 aromatic heterocycles. The Labute approximate surface area is 114 Å². The third kappa shape index (κ3) is 4.34. The number of nitrogens with one attached hydrogen (secondary N) is 2. The lowest BCUT2D eigenvalue weighted by Crippen LogP contribution is -2.27. The number of hydrogen-bond donors (Lipinski definition) is 2. The van der Waals surface area contributed by atoms with Gasteiger partial charge in [-0.05, 0) is 27.2 Å². The van der Waals surface area contributed by atoms with E-state index >= 15 is 0 Å². The zero-order valence-electron chi connectivity index (χ0n) is 11.5. The molecule has 0 aliphatic carbocycles. The van der Waals surface area contributed by atoms with E-state index < -0.39 is 9.84 Å². The highest BCUT2D eigenvalue weighted by molar-refractivity contribution is 7.91. The molecule has 1 aromatic rings. The average Bonchev–Trinajstić information content (AvgIpc) is 2.56. The fraction of sp³-hybridized carbons (Fsp3) is 0.667. The van der Waals surface area contributed by atoms with Gasteiger partial charge in [-0.25, -0.2) is 18.4 Å². The molecular weight excluding hydrogens is 264 g/mol. The van der Waals surface area contributed by atoms with Crippen LogP contribution >= 0.6 is 0 Å². The Bertz CT molecular complexity index is 551. The minimum absolute atomic E-state index is 0.0533. The second kappa shape index (κ2) is 4.96. The van der Waals surface area contributed by atoms with Gasteiger partial charge in [0.15, 0.2) is 9.84 Å². The molecule has 2 rings (SSSR count). The summed E-state index contributed by atoms with van der Waals surface area (Å²) in [4.78, 5) is 8.27. The Morgan fingerprint density at radius 2 is 1.95 bits per heavy atom. The molecule has 1 fully saturated rings. The van der Waals surface area contributed by atoms with Crippen LogP contribution < -0.4 is 10.6 Å². The normalized spacial score (nSPS) is 22.2. The van der Waals surface area contributed by atoms with E-state index in [4.69, 9.17) is 0 Å². The molecule has 0 radical (unpaired) electrons. The summed E-state index contributed by atoms with van der Waals surface area (Å²) < 4.78 is 22.8. The number of sulfone groups is 1. The minimum Gasteiger partial charge on any atom is -0.366 e. The smallest absolute Gasteiger partial charge is 0.152 e. The maximum atomic E-state index is 11.4. The van der Waals surface area contributed by atoms with Crippen molar-refractivity contribution in [3.63, 3.8) is 0 Å². The Hall–Kier alpha value is -1.37. The van der Waals surface area contributed by atoms with E-state index in [2.05, 4.69) is 20.6 Å². The molecule has 1 saturated heterocycles. The summed E-state index contributed by atoms with van der Waals surface area (Å²) in [6.45, 7) is 6.14. The van der Waals surface area contributed by atoms with Gasteiger partial charge in [-0.3, -0.25) is 0 Å². The van der Waals surface area contributed by atoms with E-state index in [1.54, 1.807) is 6.07 Å². The van der Waals surface area contributed by atoms with Crippen molar-refractivity contribution in [2.75, 3.05) is 22.1 Å². The first kappa shape index (κ1) is 14.0. The quantitative estimate of drug-likeness (QED) is 0.870. The lowest BCUT2D eigenvalue weighted by molar-refractivity contribution is 0.602. The molecule has 1 aliphatic heterocycles. The lowest BCUT2D eigenvalue weighted by Gasteiger charge is -2.21. The van der Waals surface area contributed by atoms with Gasteiger partial charge in [0.05, 0.1) is 11.5 Å². The average molecular weight is 284 g/mol. The zero-order valence-corrected chi connectivity index (χ0v) is 12.3. The fourth-order valence-electron chi connectivity index (χ4n) is 2.01. The molecule has 1 aliphatic rings. The maximum absolute atomic E-state index is 11.4. The van der Waals surface area contributed by atoms with Gasteiger partial charge in [0.25, 0.3) is 0 Å². The summed E-state index contributed by atoms with van der Waals surface area (Å²) in [6.07, 6.45) is 2.11. The molecule has 1 unspecified atom stereocenters. The molecule has 1 atom stereocenters. The van der Waals surface area contributed by atoms with E-state index in [9.17, 15) is 8.42 Å². The molecule has 19 heavy (non-hydrogen) atoms. The Morgan fingerprint density at radius 1 is 1.26 bits per heavy atom. The molecule has 0 saturated carbocycles. The van der Waals surface area contributed by atoms with Crippen LogP contribution in [0.2, 0.25) is 0 Å². The van der Waals surface area contributed by atoms with Gasteiger partial charge in [-0.15, -0.1) is 0 Å². The highest BCUT2D eigenvalue weighted by atomic mass is 32.2. The molecule has 0 aromatic carbocycles. The predicted molar refractivity (Wildman–Crippen MR) is 76.1 cm³/mol. The van der Waals surface area contributed by atoms with Crippen molar-refractivity contribution < 1.29 is 8.42 Å². The third-order valence-corrected chi connectivity index (χ3v) is 4.52. The van der Waals surface area contributed by atoms with Crippen molar-refractivity contribution in [1.29, 1.82) is 0 Å². The summed E-state index contributed by atoms with van der Waals surface area (Å²) in [5, 5.41) is 6.41. The lowest BCUT2D eigenvalue weighted by atomic mass is 10.1. The largest absolute Gasteiger partial charge is 0.366 e. The molecule has 2 heterocycles. The van der Waals surface area contributed by atoms with Crippen LogP contribution in [0.15, 0.2) is 12.4 Å². The minimum atomic E-state index is -2.88. The Morgan fingerprint density at radius 3 is 2.53 bits per heavy atom. The van der Waals surface area contributed by atoms with E-state index in [-0.39, 0.29) is 23.1 Å². The summed E-state index contributed by atoms with van der Waals surface area (Å²) in [5.41, 5.74) is -0.0810. The van der Waals surface area contributed by atoms with Gasteiger partial charge in [0.2, 0.25) is 0 Å². The number of aromatic nitrogens is 2. The molecular formula is C12H20N4O2S. The maximum Gasteiger partial charge on any atom is 0.152 e. The topological polar surface area (TPSA) is 84.0 Å². The van der Waals surface area contributed by atoms with E-state index in [0.717, 1.165) is 5.82 Å². The van der Waals surface area contributed by atoms with Crippen LogP contribution in [0.25, 0.3) is 0 Å². The van der Waals surface area contributed by atoms with E-state index in [1.807, 2.05) is 20.8 Å². The van der Waals surface area contributed by atoms with Crippen LogP contribution in [0.1, 0.15) is 27.2 Å². The van der Waals surface area contributed by atoms with Crippen molar-refractivity contribution in [2.45, 2.75) is 38.8 Å². The number of rotatable bonds is 3. The highest BCUT2D eigenvalue weighted by Crippen LogP contribution is 2.18. The van der Waals surface area contributed by atoms with Crippen molar-refractivity contribution in [1.82, 2.24) is 9.97 Å².